The van der Waals surface area contributed by atoms with E-state index in [0.717, 1.165) is 11.3 Å². The third-order valence-corrected chi connectivity index (χ3v) is 5.73. The van der Waals surface area contributed by atoms with Crippen molar-refractivity contribution < 1.29 is 4.79 Å². The number of nitrogens with zero attached hydrogens (tertiary/aromatic N) is 4. The van der Waals surface area contributed by atoms with Crippen LogP contribution in [0.1, 0.15) is 48.0 Å². The van der Waals surface area contributed by atoms with Gasteiger partial charge < -0.3 is 10.2 Å². The topological polar surface area (TPSA) is 63.1 Å². The summed E-state index contributed by atoms with van der Waals surface area (Å²) >= 11 is 0. The van der Waals surface area contributed by atoms with E-state index in [9.17, 15) is 4.79 Å². The lowest BCUT2D eigenvalue weighted by molar-refractivity contribution is 0.0951. The van der Waals surface area contributed by atoms with E-state index in [2.05, 4.69) is 51.6 Å². The van der Waals surface area contributed by atoms with E-state index in [1.807, 2.05) is 12.1 Å². The first-order valence-electron chi connectivity index (χ1n) is 10.3. The molecule has 1 heterocycles. The lowest BCUT2D eigenvalue weighted by Gasteiger charge is -2.33. The van der Waals surface area contributed by atoms with Crippen molar-refractivity contribution in [2.45, 2.75) is 44.7 Å². The summed E-state index contributed by atoms with van der Waals surface area (Å²) in [5.74, 6) is -0.0847. The maximum absolute atomic E-state index is 12.4. The van der Waals surface area contributed by atoms with Gasteiger partial charge in [0, 0.05) is 30.9 Å². The molecule has 1 amide bonds. The van der Waals surface area contributed by atoms with Crippen LogP contribution < -0.4 is 10.2 Å². The number of hydrogen-bond acceptors (Lipinski definition) is 4. The summed E-state index contributed by atoms with van der Waals surface area (Å²) in [4.78, 5) is 18.8. The first-order valence-corrected chi connectivity index (χ1v) is 10.3. The standard InChI is InChI=1S/C23H27N5O/c1-27(20-5-3-2-4-6-20)21-11-7-18(8-12-21)15-25-23(29)19-9-13-22(14-10-19)28-17-24-16-26-28/h7-14,16-17,20H,2-6,15H2,1H3,(H,25,29). The van der Waals surface area contributed by atoms with Gasteiger partial charge in [-0.05, 0) is 54.8 Å². The highest BCUT2D eigenvalue weighted by Crippen LogP contribution is 2.26. The second kappa shape index (κ2) is 8.90. The molecule has 1 fully saturated rings. The summed E-state index contributed by atoms with van der Waals surface area (Å²) in [6.45, 7) is 0.511. The van der Waals surface area contributed by atoms with Crippen LogP contribution in [0.5, 0.6) is 0 Å². The smallest absolute Gasteiger partial charge is 0.251 e. The van der Waals surface area contributed by atoms with Gasteiger partial charge in [-0.1, -0.05) is 31.4 Å². The molecule has 0 radical (unpaired) electrons. The molecule has 1 saturated carbocycles. The van der Waals surface area contributed by atoms with Gasteiger partial charge in [-0.25, -0.2) is 9.67 Å². The molecule has 1 aromatic heterocycles. The molecular weight excluding hydrogens is 362 g/mol. The first-order chi connectivity index (χ1) is 14.2. The van der Waals surface area contributed by atoms with Gasteiger partial charge in [-0.3, -0.25) is 4.79 Å². The zero-order chi connectivity index (χ0) is 20.1. The molecule has 6 heteroatoms. The number of anilines is 1. The van der Waals surface area contributed by atoms with Crippen molar-refractivity contribution in [3.8, 4) is 5.69 Å². The first kappa shape index (κ1) is 19.2. The minimum atomic E-state index is -0.0847. The molecule has 29 heavy (non-hydrogen) atoms. The maximum atomic E-state index is 12.4. The quantitative estimate of drug-likeness (QED) is 0.693. The second-order valence-corrected chi connectivity index (χ2v) is 7.64. The van der Waals surface area contributed by atoms with E-state index in [1.54, 1.807) is 23.1 Å². The monoisotopic (exact) mass is 389 g/mol. The Hall–Kier alpha value is -3.15. The molecular formula is C23H27N5O. The second-order valence-electron chi connectivity index (χ2n) is 7.64. The Kier molecular flexibility index (Phi) is 5.89. The van der Waals surface area contributed by atoms with Crippen LogP contribution in [0.25, 0.3) is 5.69 Å². The van der Waals surface area contributed by atoms with Crippen LogP contribution in [-0.4, -0.2) is 33.8 Å². The van der Waals surface area contributed by atoms with Crippen LogP contribution in [0, 0.1) is 0 Å². The van der Waals surface area contributed by atoms with Gasteiger partial charge in [-0.15, -0.1) is 0 Å². The normalized spacial score (nSPS) is 14.5. The van der Waals surface area contributed by atoms with Crippen molar-refractivity contribution in [1.82, 2.24) is 20.1 Å². The Labute approximate surface area is 171 Å². The number of benzene rings is 2. The summed E-state index contributed by atoms with van der Waals surface area (Å²) < 4.78 is 1.66. The van der Waals surface area contributed by atoms with Gasteiger partial charge in [0.05, 0.1) is 5.69 Å². The zero-order valence-electron chi connectivity index (χ0n) is 16.8. The van der Waals surface area contributed by atoms with Crippen molar-refractivity contribution in [1.29, 1.82) is 0 Å². The summed E-state index contributed by atoms with van der Waals surface area (Å²) in [7, 11) is 2.19. The zero-order valence-corrected chi connectivity index (χ0v) is 16.8. The van der Waals surface area contributed by atoms with E-state index in [1.165, 1.54) is 44.1 Å². The fraction of sp³-hybridized carbons (Fsp3) is 0.348. The number of amides is 1. The molecule has 0 bridgehead atoms. The van der Waals surface area contributed by atoms with Gasteiger partial charge in [0.15, 0.2) is 0 Å². The number of nitrogens with one attached hydrogen (secondary N) is 1. The van der Waals surface area contributed by atoms with Gasteiger partial charge in [0.2, 0.25) is 0 Å². The Morgan fingerprint density at radius 2 is 1.79 bits per heavy atom. The van der Waals surface area contributed by atoms with Crippen LogP contribution in [0.4, 0.5) is 5.69 Å². The third kappa shape index (κ3) is 4.65. The Bertz CT molecular complexity index is 913. The highest BCUT2D eigenvalue weighted by molar-refractivity contribution is 5.94. The molecule has 0 spiro atoms. The predicted molar refractivity (Wildman–Crippen MR) is 114 cm³/mol. The van der Waals surface area contributed by atoms with Crippen molar-refractivity contribution in [2.75, 3.05) is 11.9 Å². The molecule has 1 N–H and O–H groups in total. The molecule has 0 saturated heterocycles. The average molecular weight is 390 g/mol. The van der Waals surface area contributed by atoms with Crippen molar-refractivity contribution in [2.24, 2.45) is 0 Å². The van der Waals surface area contributed by atoms with E-state index in [0.29, 0.717) is 18.2 Å². The fourth-order valence-corrected chi connectivity index (χ4v) is 3.92. The number of hydrogen-bond donors (Lipinski definition) is 1. The minimum Gasteiger partial charge on any atom is -0.372 e. The highest BCUT2D eigenvalue weighted by Gasteiger charge is 2.18. The van der Waals surface area contributed by atoms with Crippen molar-refractivity contribution >= 4 is 11.6 Å². The van der Waals surface area contributed by atoms with Gasteiger partial charge in [0.1, 0.15) is 12.7 Å². The largest absolute Gasteiger partial charge is 0.372 e. The Morgan fingerprint density at radius 1 is 1.07 bits per heavy atom. The maximum Gasteiger partial charge on any atom is 0.251 e. The molecule has 1 aliphatic carbocycles. The molecule has 1 aliphatic rings. The molecule has 0 atom stereocenters. The SMILES string of the molecule is CN(c1ccc(CNC(=O)c2ccc(-n3cncn3)cc2)cc1)C1CCCCC1. The van der Waals surface area contributed by atoms with E-state index in [-0.39, 0.29) is 5.91 Å². The Morgan fingerprint density at radius 3 is 2.45 bits per heavy atom. The van der Waals surface area contributed by atoms with E-state index in [4.69, 9.17) is 0 Å². The van der Waals surface area contributed by atoms with Crippen molar-refractivity contribution in [3.05, 3.63) is 72.3 Å². The molecule has 3 aromatic rings. The summed E-state index contributed by atoms with van der Waals surface area (Å²) in [5, 5.41) is 7.08. The van der Waals surface area contributed by atoms with Crippen molar-refractivity contribution in [3.63, 3.8) is 0 Å². The van der Waals surface area contributed by atoms with Crippen LogP contribution in [0.15, 0.2) is 61.2 Å². The van der Waals surface area contributed by atoms with Crippen LogP contribution in [0.3, 0.4) is 0 Å². The summed E-state index contributed by atoms with van der Waals surface area (Å²) in [6, 6.07) is 16.5. The molecule has 6 nitrogen and oxygen atoms in total. The number of carbonyl (C=O) groups is 1. The van der Waals surface area contributed by atoms with Gasteiger partial charge >= 0.3 is 0 Å². The van der Waals surface area contributed by atoms with Crippen LogP contribution in [-0.2, 0) is 6.54 Å². The van der Waals surface area contributed by atoms with E-state index < -0.39 is 0 Å². The molecule has 4 rings (SSSR count). The molecule has 150 valence electrons. The van der Waals surface area contributed by atoms with Crippen LogP contribution in [0.2, 0.25) is 0 Å². The average Bonchev–Trinajstić information content (AvgIpc) is 3.33. The van der Waals surface area contributed by atoms with Gasteiger partial charge in [-0.2, -0.15) is 5.10 Å². The lowest BCUT2D eigenvalue weighted by Crippen LogP contribution is -2.33. The summed E-state index contributed by atoms with van der Waals surface area (Å²) in [6.07, 6.45) is 9.71. The van der Waals surface area contributed by atoms with Crippen LogP contribution >= 0.6 is 0 Å². The lowest BCUT2D eigenvalue weighted by atomic mass is 9.94. The third-order valence-electron chi connectivity index (χ3n) is 5.73. The van der Waals surface area contributed by atoms with E-state index >= 15 is 0 Å². The number of carbonyl (C=O) groups excluding carboxylic acids is 1. The minimum absolute atomic E-state index is 0.0847. The molecule has 2 aromatic carbocycles. The molecule has 0 aliphatic heterocycles. The fourth-order valence-electron chi connectivity index (χ4n) is 3.92. The number of aromatic nitrogens is 3. The van der Waals surface area contributed by atoms with Gasteiger partial charge in [0.25, 0.3) is 5.91 Å². The predicted octanol–water partition coefficient (Wildman–Crippen LogP) is 3.97. The molecule has 0 unspecified atom stereocenters. The Balaban J connectivity index is 1.32. The number of rotatable bonds is 6. The summed E-state index contributed by atoms with van der Waals surface area (Å²) in [5.41, 5.74) is 3.84. The highest BCUT2D eigenvalue weighted by atomic mass is 16.1.